The summed E-state index contributed by atoms with van der Waals surface area (Å²) in [5, 5.41) is 8.93. The molecule has 1 aromatic rings. The van der Waals surface area contributed by atoms with E-state index in [1.807, 2.05) is 13.8 Å². The molecule has 2 rings (SSSR count). The van der Waals surface area contributed by atoms with E-state index in [4.69, 9.17) is 5.11 Å². The Morgan fingerprint density at radius 2 is 1.83 bits per heavy atom. The van der Waals surface area contributed by atoms with E-state index in [0.29, 0.717) is 6.54 Å². The van der Waals surface area contributed by atoms with Crippen LogP contribution in [0.4, 0.5) is 0 Å². The third kappa shape index (κ3) is 4.78. The van der Waals surface area contributed by atoms with E-state index in [9.17, 15) is 18.0 Å². The van der Waals surface area contributed by atoms with Crippen molar-refractivity contribution >= 4 is 21.9 Å². The first kappa shape index (κ1) is 18.4. The molecule has 0 atom stereocenters. The summed E-state index contributed by atoms with van der Waals surface area (Å²) in [6.45, 7) is 3.79. The maximum atomic E-state index is 12.4. The number of carboxylic acid groups (broad SMARTS) is 1. The summed E-state index contributed by atoms with van der Waals surface area (Å²) in [7, 11) is -3.61. The summed E-state index contributed by atoms with van der Waals surface area (Å²) in [4.78, 5) is 24.7. The molecule has 1 aliphatic carbocycles. The Morgan fingerprint density at radius 3 is 2.29 bits per heavy atom. The fraction of sp³-hybridized carbons (Fsp3) is 0.500. The van der Waals surface area contributed by atoms with Crippen molar-refractivity contribution in [3.63, 3.8) is 0 Å². The summed E-state index contributed by atoms with van der Waals surface area (Å²) in [5.74, 6) is -1.27. The maximum absolute atomic E-state index is 12.4. The smallest absolute Gasteiger partial charge is 0.323 e. The van der Waals surface area contributed by atoms with Gasteiger partial charge in [-0.2, -0.15) is 0 Å². The van der Waals surface area contributed by atoms with Crippen molar-refractivity contribution in [2.75, 3.05) is 13.1 Å². The number of nitrogens with one attached hydrogen (secondary N) is 1. The van der Waals surface area contributed by atoms with Gasteiger partial charge in [-0.1, -0.05) is 13.8 Å². The number of rotatable bonds is 8. The third-order valence-corrected chi connectivity index (χ3v) is 5.09. The van der Waals surface area contributed by atoms with Crippen LogP contribution in [0.25, 0.3) is 0 Å². The number of hydrogen-bond donors (Lipinski definition) is 2. The first-order valence-corrected chi connectivity index (χ1v) is 9.31. The summed E-state index contributed by atoms with van der Waals surface area (Å²) in [6.07, 6.45) is 1.59. The van der Waals surface area contributed by atoms with Crippen LogP contribution in [0.3, 0.4) is 0 Å². The summed E-state index contributed by atoms with van der Waals surface area (Å²) >= 11 is 0. The number of sulfonamides is 1. The first-order chi connectivity index (χ1) is 11.2. The number of carboxylic acids is 1. The molecular formula is C16H22N2O5S. The zero-order valence-corrected chi connectivity index (χ0v) is 14.5. The van der Waals surface area contributed by atoms with Crippen molar-refractivity contribution in [3.8, 4) is 0 Å². The zero-order valence-electron chi connectivity index (χ0n) is 13.7. The van der Waals surface area contributed by atoms with Crippen molar-refractivity contribution in [3.05, 3.63) is 29.8 Å². The lowest BCUT2D eigenvalue weighted by molar-refractivity contribution is -0.137. The molecule has 0 aliphatic heterocycles. The van der Waals surface area contributed by atoms with Gasteiger partial charge in [0.1, 0.15) is 6.54 Å². The molecule has 0 radical (unpaired) electrons. The average molecular weight is 354 g/mol. The predicted octanol–water partition coefficient (Wildman–Crippen LogP) is 1.31. The molecule has 1 fully saturated rings. The molecule has 1 aromatic carbocycles. The first-order valence-electron chi connectivity index (χ1n) is 7.83. The Balaban J connectivity index is 2.13. The molecule has 0 aromatic heterocycles. The lowest BCUT2D eigenvalue weighted by atomic mass is 10.2. The second kappa shape index (κ2) is 7.31. The van der Waals surface area contributed by atoms with E-state index in [-0.39, 0.29) is 34.9 Å². The van der Waals surface area contributed by atoms with Crippen LogP contribution in [0.5, 0.6) is 0 Å². The highest BCUT2D eigenvalue weighted by Gasteiger charge is 2.34. The third-order valence-electron chi connectivity index (χ3n) is 3.65. The molecule has 1 aliphatic rings. The molecule has 0 saturated heterocycles. The van der Waals surface area contributed by atoms with Gasteiger partial charge < -0.3 is 10.0 Å². The van der Waals surface area contributed by atoms with Crippen LogP contribution in [0, 0.1) is 5.92 Å². The predicted molar refractivity (Wildman–Crippen MR) is 88.2 cm³/mol. The van der Waals surface area contributed by atoms with Crippen LogP contribution in [-0.2, 0) is 14.8 Å². The SMILES string of the molecule is CC(C)CNS(=O)(=O)c1ccc(C(=O)N(CC(=O)O)C2CC2)cc1. The van der Waals surface area contributed by atoms with E-state index in [2.05, 4.69) is 4.72 Å². The monoisotopic (exact) mass is 354 g/mol. The lowest BCUT2D eigenvalue weighted by Gasteiger charge is -2.20. The fourth-order valence-electron chi connectivity index (χ4n) is 2.20. The number of nitrogens with zero attached hydrogens (tertiary/aromatic N) is 1. The van der Waals surface area contributed by atoms with E-state index < -0.39 is 16.0 Å². The fourth-order valence-corrected chi connectivity index (χ4v) is 3.41. The zero-order chi connectivity index (χ0) is 17.9. The van der Waals surface area contributed by atoms with Crippen molar-refractivity contribution in [1.82, 2.24) is 9.62 Å². The highest BCUT2D eigenvalue weighted by Crippen LogP contribution is 2.28. The van der Waals surface area contributed by atoms with Gasteiger partial charge in [0.2, 0.25) is 10.0 Å². The minimum absolute atomic E-state index is 0.0373. The highest BCUT2D eigenvalue weighted by atomic mass is 32.2. The van der Waals surface area contributed by atoms with Gasteiger partial charge in [-0.3, -0.25) is 9.59 Å². The Kier molecular flexibility index (Phi) is 5.61. The number of carbonyl (C=O) groups excluding carboxylic acids is 1. The van der Waals surface area contributed by atoms with Gasteiger partial charge in [-0.15, -0.1) is 0 Å². The van der Waals surface area contributed by atoms with Gasteiger partial charge in [-0.05, 0) is 43.0 Å². The van der Waals surface area contributed by atoms with Crippen LogP contribution < -0.4 is 4.72 Å². The molecule has 0 spiro atoms. The van der Waals surface area contributed by atoms with Gasteiger partial charge >= 0.3 is 5.97 Å². The largest absolute Gasteiger partial charge is 0.480 e. The average Bonchev–Trinajstić information content (AvgIpc) is 3.35. The quantitative estimate of drug-likeness (QED) is 0.732. The van der Waals surface area contributed by atoms with Crippen molar-refractivity contribution in [2.24, 2.45) is 5.92 Å². The number of aliphatic carboxylic acids is 1. The number of hydrogen-bond acceptors (Lipinski definition) is 4. The second-order valence-corrected chi connectivity index (χ2v) is 8.10. The molecule has 7 nitrogen and oxygen atoms in total. The lowest BCUT2D eigenvalue weighted by Crippen LogP contribution is -2.37. The number of amides is 1. The highest BCUT2D eigenvalue weighted by molar-refractivity contribution is 7.89. The van der Waals surface area contributed by atoms with Crippen LogP contribution in [0.1, 0.15) is 37.0 Å². The Morgan fingerprint density at radius 1 is 1.25 bits per heavy atom. The summed E-state index contributed by atoms with van der Waals surface area (Å²) < 4.78 is 26.8. The topological polar surface area (TPSA) is 104 Å². The standard InChI is InChI=1S/C16H22N2O5S/c1-11(2)9-17-24(22,23)14-7-3-12(4-8-14)16(21)18(10-15(19)20)13-5-6-13/h3-4,7-8,11,13,17H,5-6,9-10H2,1-2H3,(H,19,20). The Labute approximate surface area is 141 Å². The van der Waals surface area contributed by atoms with E-state index >= 15 is 0 Å². The van der Waals surface area contributed by atoms with Gasteiger partial charge in [0.25, 0.3) is 5.91 Å². The summed E-state index contributed by atoms with van der Waals surface area (Å²) in [6, 6.07) is 5.53. The summed E-state index contributed by atoms with van der Waals surface area (Å²) in [5.41, 5.74) is 0.283. The molecule has 0 heterocycles. The molecular weight excluding hydrogens is 332 g/mol. The Hall–Kier alpha value is -1.93. The van der Waals surface area contributed by atoms with E-state index in [1.165, 1.54) is 29.2 Å². The van der Waals surface area contributed by atoms with Crippen molar-refractivity contribution < 1.29 is 23.1 Å². The molecule has 24 heavy (non-hydrogen) atoms. The molecule has 132 valence electrons. The molecule has 0 bridgehead atoms. The van der Waals surface area contributed by atoms with Crippen LogP contribution >= 0.6 is 0 Å². The molecule has 8 heteroatoms. The van der Waals surface area contributed by atoms with Crippen LogP contribution in [0.15, 0.2) is 29.2 Å². The van der Waals surface area contributed by atoms with Crippen molar-refractivity contribution in [1.29, 1.82) is 0 Å². The second-order valence-electron chi connectivity index (χ2n) is 6.33. The normalized spacial score (nSPS) is 14.6. The maximum Gasteiger partial charge on any atom is 0.323 e. The number of carbonyl (C=O) groups is 2. The van der Waals surface area contributed by atoms with Gasteiger partial charge in [0.05, 0.1) is 4.90 Å². The van der Waals surface area contributed by atoms with E-state index in [1.54, 1.807) is 0 Å². The number of benzene rings is 1. The molecule has 1 saturated carbocycles. The van der Waals surface area contributed by atoms with Crippen LogP contribution in [-0.4, -0.2) is 49.4 Å². The minimum Gasteiger partial charge on any atom is -0.480 e. The molecule has 2 N–H and O–H groups in total. The van der Waals surface area contributed by atoms with Gasteiger partial charge in [0, 0.05) is 18.2 Å². The van der Waals surface area contributed by atoms with E-state index in [0.717, 1.165) is 12.8 Å². The minimum atomic E-state index is -3.61. The molecule has 0 unspecified atom stereocenters. The Bertz CT molecular complexity index is 708. The molecule has 1 amide bonds. The van der Waals surface area contributed by atoms with Crippen molar-refractivity contribution in [2.45, 2.75) is 37.6 Å². The van der Waals surface area contributed by atoms with Crippen LogP contribution in [0.2, 0.25) is 0 Å². The van der Waals surface area contributed by atoms with Gasteiger partial charge in [-0.25, -0.2) is 13.1 Å². The van der Waals surface area contributed by atoms with Gasteiger partial charge in [0.15, 0.2) is 0 Å².